The fourth-order valence-electron chi connectivity index (χ4n) is 12.6. The van der Waals surface area contributed by atoms with E-state index >= 15 is 0 Å². The van der Waals surface area contributed by atoms with Crippen molar-refractivity contribution in [1.29, 1.82) is 0 Å². The van der Waals surface area contributed by atoms with Crippen molar-refractivity contribution in [3.05, 3.63) is 261 Å². The van der Waals surface area contributed by atoms with Gasteiger partial charge in [0.2, 0.25) is 0 Å². The molecule has 4 heterocycles. The lowest BCUT2D eigenvalue weighted by Crippen LogP contribution is -2.64. The Bertz CT molecular complexity index is 4300. The highest BCUT2D eigenvalue weighted by atomic mass is 16.5. The second-order valence-corrected chi connectivity index (χ2v) is 19.9. The Balaban J connectivity index is 1.01. The van der Waals surface area contributed by atoms with Crippen LogP contribution in [-0.4, -0.2) is 13.4 Å². The van der Waals surface area contributed by atoms with Crippen LogP contribution < -0.4 is 61.7 Å². The molecule has 8 heteroatoms. The Labute approximate surface area is 441 Å². The lowest BCUT2D eigenvalue weighted by atomic mass is 9.30. The molecule has 0 aromatic heterocycles. The Morgan fingerprint density at radius 3 is 1.33 bits per heavy atom. The fraction of sp³-hybridized carbons (Fsp3) is 0. The van der Waals surface area contributed by atoms with E-state index in [0.717, 1.165) is 118 Å². The average molecular weight is 972 g/mol. The highest BCUT2D eigenvalue weighted by Gasteiger charge is 2.48. The van der Waals surface area contributed by atoms with Crippen molar-refractivity contribution in [2.45, 2.75) is 0 Å². The maximum atomic E-state index is 7.08. The van der Waals surface area contributed by atoms with Gasteiger partial charge in [0.15, 0.2) is 0 Å². The molecule has 0 aliphatic carbocycles. The summed E-state index contributed by atoms with van der Waals surface area (Å²) in [7, 11) is 0. The molecule has 0 amide bonds. The van der Waals surface area contributed by atoms with Gasteiger partial charge in [0.25, 0.3) is 13.4 Å². The molecule has 0 N–H and O–H groups in total. The maximum absolute atomic E-state index is 7.08. The summed E-state index contributed by atoms with van der Waals surface area (Å²) >= 11 is 0. The van der Waals surface area contributed by atoms with Crippen molar-refractivity contribution in [1.82, 2.24) is 0 Å². The topological polar surface area (TPSA) is 37.4 Å². The zero-order chi connectivity index (χ0) is 49.8. The van der Waals surface area contributed by atoms with Gasteiger partial charge in [0, 0.05) is 50.6 Å². The summed E-state index contributed by atoms with van der Waals surface area (Å²) in [6.45, 7) is -0.281. The minimum absolute atomic E-state index is 0.133. The lowest BCUT2D eigenvalue weighted by Gasteiger charge is -2.46. The zero-order valence-electron chi connectivity index (χ0n) is 41.0. The summed E-state index contributed by atoms with van der Waals surface area (Å²) in [6, 6.07) is 93.0. The van der Waals surface area contributed by atoms with Crippen LogP contribution in [0.25, 0.3) is 21.5 Å². The SMILES string of the molecule is c1ccc(Oc2ccc3c4c5c(cc3c2)Oc2ccccc2B5c2cc3c(cc2N4c2ccccc2)N(c2ccccc2)c2c4c(cc5cc(Oc6ccccc6)ccc25)N(c2ccccc2)c2ccccc2B34)cc1. The number of ether oxygens (including phenoxy) is 3. The van der Waals surface area contributed by atoms with Crippen molar-refractivity contribution >= 4 is 119 Å². The third-order valence-electron chi connectivity index (χ3n) is 15.7. The Morgan fingerprint density at radius 1 is 0.289 bits per heavy atom. The normalized spacial score (nSPS) is 13.2. The van der Waals surface area contributed by atoms with Crippen LogP contribution in [0.1, 0.15) is 0 Å². The molecule has 0 saturated carbocycles. The van der Waals surface area contributed by atoms with E-state index in [0.29, 0.717) is 0 Å². The molecule has 0 radical (unpaired) electrons. The predicted molar refractivity (Wildman–Crippen MR) is 314 cm³/mol. The molecule has 12 aromatic rings. The minimum atomic E-state index is -0.148. The number of para-hydroxylation sites is 7. The Kier molecular flexibility index (Phi) is 9.42. The van der Waals surface area contributed by atoms with Gasteiger partial charge < -0.3 is 28.9 Å². The van der Waals surface area contributed by atoms with E-state index in [-0.39, 0.29) is 13.4 Å². The number of anilines is 9. The smallest absolute Gasteiger partial charge is 0.256 e. The van der Waals surface area contributed by atoms with E-state index < -0.39 is 0 Å². The first-order valence-corrected chi connectivity index (χ1v) is 26.0. The number of hydrogen-bond donors (Lipinski definition) is 0. The van der Waals surface area contributed by atoms with Crippen LogP contribution >= 0.6 is 0 Å². The fourth-order valence-corrected chi connectivity index (χ4v) is 12.6. The van der Waals surface area contributed by atoms with Gasteiger partial charge in [0.05, 0.1) is 11.4 Å². The van der Waals surface area contributed by atoms with Crippen LogP contribution in [0.2, 0.25) is 0 Å². The molecule has 0 spiro atoms. The van der Waals surface area contributed by atoms with Crippen LogP contribution in [0, 0.1) is 0 Å². The third kappa shape index (κ3) is 6.50. The quantitative estimate of drug-likeness (QED) is 0.148. The molecule has 0 fully saturated rings. The molecule has 76 heavy (non-hydrogen) atoms. The van der Waals surface area contributed by atoms with Crippen LogP contribution in [0.5, 0.6) is 34.5 Å². The molecule has 0 atom stereocenters. The first-order chi connectivity index (χ1) is 37.7. The highest BCUT2D eigenvalue weighted by Crippen LogP contribution is 2.51. The van der Waals surface area contributed by atoms with Crippen LogP contribution in [0.3, 0.4) is 0 Å². The molecule has 12 aromatic carbocycles. The molecule has 16 rings (SSSR count). The number of fused-ring (bicyclic) bond motifs is 12. The molecule has 354 valence electrons. The van der Waals surface area contributed by atoms with Crippen LogP contribution in [0.4, 0.5) is 51.2 Å². The summed E-state index contributed by atoms with van der Waals surface area (Å²) in [6.07, 6.45) is 0. The lowest BCUT2D eigenvalue weighted by molar-refractivity contribution is 0.483. The Morgan fingerprint density at radius 2 is 0.750 bits per heavy atom. The molecule has 0 unspecified atom stereocenters. The van der Waals surface area contributed by atoms with E-state index in [4.69, 9.17) is 14.2 Å². The van der Waals surface area contributed by atoms with Crippen molar-refractivity contribution in [3.8, 4) is 34.5 Å². The molecule has 6 nitrogen and oxygen atoms in total. The van der Waals surface area contributed by atoms with E-state index in [1.54, 1.807) is 0 Å². The second kappa shape index (κ2) is 16.8. The van der Waals surface area contributed by atoms with E-state index in [9.17, 15) is 0 Å². The van der Waals surface area contributed by atoms with E-state index in [1.807, 2.05) is 60.7 Å². The van der Waals surface area contributed by atoms with Gasteiger partial charge >= 0.3 is 0 Å². The zero-order valence-corrected chi connectivity index (χ0v) is 41.0. The number of nitrogens with zero attached hydrogens (tertiary/aromatic N) is 3. The second-order valence-electron chi connectivity index (χ2n) is 19.9. The van der Waals surface area contributed by atoms with Gasteiger partial charge in [-0.25, -0.2) is 0 Å². The number of benzene rings is 12. The highest BCUT2D eigenvalue weighted by molar-refractivity contribution is 7.03. The summed E-state index contributed by atoms with van der Waals surface area (Å²) in [5, 5.41) is 4.35. The van der Waals surface area contributed by atoms with E-state index in [2.05, 4.69) is 215 Å². The van der Waals surface area contributed by atoms with Gasteiger partial charge in [-0.1, -0.05) is 133 Å². The van der Waals surface area contributed by atoms with Crippen molar-refractivity contribution in [2.24, 2.45) is 0 Å². The predicted octanol–water partition coefficient (Wildman–Crippen LogP) is 14.1. The molecule has 0 saturated heterocycles. The van der Waals surface area contributed by atoms with Crippen molar-refractivity contribution in [2.75, 3.05) is 14.7 Å². The van der Waals surface area contributed by atoms with Crippen LogP contribution in [0.15, 0.2) is 261 Å². The van der Waals surface area contributed by atoms with Gasteiger partial charge in [0.1, 0.15) is 34.5 Å². The Hall–Kier alpha value is -9.91. The summed E-state index contributed by atoms with van der Waals surface area (Å²) in [5.74, 6) is 4.82. The number of rotatable bonds is 7. The maximum Gasteiger partial charge on any atom is 0.256 e. The van der Waals surface area contributed by atoms with Gasteiger partial charge in [-0.05, 0) is 171 Å². The van der Waals surface area contributed by atoms with Crippen LogP contribution in [-0.2, 0) is 0 Å². The molecular formula is C68H43B2N3O3. The monoisotopic (exact) mass is 971 g/mol. The largest absolute Gasteiger partial charge is 0.458 e. The van der Waals surface area contributed by atoms with E-state index in [1.165, 1.54) is 21.9 Å². The van der Waals surface area contributed by atoms with Gasteiger partial charge in [-0.3, -0.25) is 0 Å². The summed E-state index contributed by atoms with van der Waals surface area (Å²) in [4.78, 5) is 7.51. The van der Waals surface area contributed by atoms with Gasteiger partial charge in [-0.2, -0.15) is 0 Å². The van der Waals surface area contributed by atoms with Crippen molar-refractivity contribution < 1.29 is 14.2 Å². The summed E-state index contributed by atoms with van der Waals surface area (Å²) < 4.78 is 20.2. The first-order valence-electron chi connectivity index (χ1n) is 26.0. The number of hydrogen-bond acceptors (Lipinski definition) is 6. The average Bonchev–Trinajstić information content (AvgIpc) is 3.55. The summed E-state index contributed by atoms with van der Waals surface area (Å²) in [5.41, 5.74) is 17.3. The standard InChI is InChI=1S/C68H43B2N3O3/c1-6-20-46(21-7-1)71-59-32-18-16-30-55(59)69-57-42-58-61(43-60(57)72(47-22-8-2-9-23-47)67-53-36-34-51(74-49-26-12-4-13-27-49)38-44(53)40-62(71)65(67)69)73(48-24-10-3-11-25-48)68-54-37-35-52(75-50-28-14-5-15-29-50)39-45(54)41-64-66(68)70(58)56-31-17-19-33-63(56)76-64/h1-43H. The molecule has 4 aliphatic rings. The molecular weight excluding hydrogens is 928 g/mol. The minimum Gasteiger partial charge on any atom is -0.458 e. The van der Waals surface area contributed by atoms with Gasteiger partial charge in [-0.15, -0.1) is 0 Å². The van der Waals surface area contributed by atoms with Crippen molar-refractivity contribution in [3.63, 3.8) is 0 Å². The third-order valence-corrected chi connectivity index (χ3v) is 15.7. The first kappa shape index (κ1) is 42.6. The molecule has 4 aliphatic heterocycles. The molecule has 0 bridgehead atoms.